The number of anilines is 1. The number of hydrogen-bond acceptors (Lipinski definition) is 5. The molecule has 0 atom stereocenters. The van der Waals surface area contributed by atoms with Crippen LogP contribution < -0.4 is 11.2 Å². The summed E-state index contributed by atoms with van der Waals surface area (Å²) in [6, 6.07) is 6.60. The van der Waals surface area contributed by atoms with Crippen molar-refractivity contribution in [3.8, 4) is 6.07 Å². The molecule has 0 unspecified atom stereocenters. The van der Waals surface area contributed by atoms with E-state index in [0.29, 0.717) is 15.7 Å². The standard InChI is InChI=1S/C11H10BrN5O/c1-6(18)7-2-3-9(8(12)4-7)16-17-10(5-13)11(14)15/h2-4,16H,1H3,(H3,14,15)/b17-10+. The van der Waals surface area contributed by atoms with Crippen molar-refractivity contribution in [2.75, 3.05) is 5.43 Å². The summed E-state index contributed by atoms with van der Waals surface area (Å²) < 4.78 is 0.625. The van der Waals surface area contributed by atoms with E-state index in [1.165, 1.54) is 6.92 Å². The van der Waals surface area contributed by atoms with Gasteiger partial charge in [0.25, 0.3) is 0 Å². The molecule has 0 aliphatic heterocycles. The molecule has 7 heteroatoms. The van der Waals surface area contributed by atoms with Gasteiger partial charge in [-0.25, -0.2) is 0 Å². The van der Waals surface area contributed by atoms with Gasteiger partial charge in [0.1, 0.15) is 6.07 Å². The molecule has 0 aliphatic carbocycles. The lowest BCUT2D eigenvalue weighted by atomic mass is 10.1. The maximum Gasteiger partial charge on any atom is 0.201 e. The van der Waals surface area contributed by atoms with Gasteiger partial charge in [-0.15, -0.1) is 0 Å². The monoisotopic (exact) mass is 307 g/mol. The van der Waals surface area contributed by atoms with Crippen LogP contribution in [-0.2, 0) is 0 Å². The molecule has 0 radical (unpaired) electrons. The van der Waals surface area contributed by atoms with Crippen LogP contribution in [-0.4, -0.2) is 17.3 Å². The Morgan fingerprint density at radius 1 is 1.61 bits per heavy atom. The predicted octanol–water partition coefficient (Wildman–Crippen LogP) is 1.88. The third-order valence-corrected chi connectivity index (χ3v) is 2.68. The minimum absolute atomic E-state index is 0.0489. The van der Waals surface area contributed by atoms with E-state index in [0.717, 1.165) is 0 Å². The van der Waals surface area contributed by atoms with E-state index in [-0.39, 0.29) is 11.5 Å². The summed E-state index contributed by atoms with van der Waals surface area (Å²) in [4.78, 5) is 11.2. The fraction of sp³-hybridized carbons (Fsp3) is 0.0909. The summed E-state index contributed by atoms with van der Waals surface area (Å²) in [6.07, 6.45) is 0. The highest BCUT2D eigenvalue weighted by Gasteiger charge is 2.05. The maximum atomic E-state index is 11.2. The quantitative estimate of drug-likeness (QED) is 0.341. The molecule has 0 bridgehead atoms. The van der Waals surface area contributed by atoms with Crippen molar-refractivity contribution in [1.29, 1.82) is 10.7 Å². The molecule has 92 valence electrons. The molecule has 0 aliphatic rings. The summed E-state index contributed by atoms with van der Waals surface area (Å²) in [7, 11) is 0. The maximum absolute atomic E-state index is 11.2. The Bertz CT molecular complexity index is 573. The number of hydrazone groups is 1. The Kier molecular flexibility index (Phi) is 4.57. The van der Waals surface area contributed by atoms with Crippen molar-refractivity contribution >= 4 is 38.9 Å². The highest BCUT2D eigenvalue weighted by Crippen LogP contribution is 2.23. The number of ketones is 1. The zero-order valence-electron chi connectivity index (χ0n) is 9.49. The number of nitriles is 1. The topological polar surface area (TPSA) is 115 Å². The van der Waals surface area contributed by atoms with Gasteiger partial charge in [0.2, 0.25) is 5.71 Å². The first kappa shape index (κ1) is 13.9. The largest absolute Gasteiger partial charge is 0.382 e. The van der Waals surface area contributed by atoms with Crippen molar-refractivity contribution in [1.82, 2.24) is 0 Å². The van der Waals surface area contributed by atoms with Crippen LogP contribution in [0, 0.1) is 16.7 Å². The average Bonchev–Trinajstić information content (AvgIpc) is 2.30. The number of nitrogens with two attached hydrogens (primary N) is 1. The van der Waals surface area contributed by atoms with Crippen LogP contribution in [0.15, 0.2) is 27.8 Å². The van der Waals surface area contributed by atoms with E-state index in [1.54, 1.807) is 24.3 Å². The second kappa shape index (κ2) is 5.93. The molecule has 0 saturated carbocycles. The van der Waals surface area contributed by atoms with Crippen molar-refractivity contribution < 1.29 is 4.79 Å². The number of Topliss-reactive ketones (excluding diaryl/α,β-unsaturated/α-hetero) is 1. The molecule has 4 N–H and O–H groups in total. The zero-order valence-corrected chi connectivity index (χ0v) is 11.1. The van der Waals surface area contributed by atoms with E-state index >= 15 is 0 Å². The summed E-state index contributed by atoms with van der Waals surface area (Å²) in [6.45, 7) is 1.47. The van der Waals surface area contributed by atoms with E-state index in [2.05, 4.69) is 26.5 Å². The summed E-state index contributed by atoms with van der Waals surface area (Å²) in [5.74, 6) is -0.464. The van der Waals surface area contributed by atoms with Gasteiger partial charge >= 0.3 is 0 Å². The van der Waals surface area contributed by atoms with Crippen LogP contribution in [0.4, 0.5) is 5.69 Å². The first-order valence-electron chi connectivity index (χ1n) is 4.84. The number of halogens is 1. The van der Waals surface area contributed by atoms with Gasteiger partial charge in [0, 0.05) is 10.0 Å². The van der Waals surface area contributed by atoms with Crippen LogP contribution >= 0.6 is 15.9 Å². The fourth-order valence-electron chi connectivity index (χ4n) is 1.09. The molecule has 1 rings (SSSR count). The van der Waals surface area contributed by atoms with Crippen molar-refractivity contribution in [2.45, 2.75) is 6.92 Å². The fourth-order valence-corrected chi connectivity index (χ4v) is 1.55. The number of nitrogens with one attached hydrogen (secondary N) is 2. The van der Waals surface area contributed by atoms with Crippen LogP contribution in [0.1, 0.15) is 17.3 Å². The van der Waals surface area contributed by atoms with Gasteiger partial charge in [-0.05, 0) is 41.1 Å². The smallest absolute Gasteiger partial charge is 0.201 e. The second-order valence-electron chi connectivity index (χ2n) is 3.35. The van der Waals surface area contributed by atoms with Gasteiger partial charge in [-0.1, -0.05) is 0 Å². The normalized spacial score (nSPS) is 10.6. The molecule has 0 amide bonds. The molecular weight excluding hydrogens is 298 g/mol. The van der Waals surface area contributed by atoms with E-state index < -0.39 is 5.84 Å². The SMILES string of the molecule is CC(=O)c1ccc(N/N=C(\C#N)C(=N)N)c(Br)c1. The number of hydrogen-bond donors (Lipinski definition) is 3. The lowest BCUT2D eigenvalue weighted by Crippen LogP contribution is -2.21. The van der Waals surface area contributed by atoms with Gasteiger partial charge in [-0.2, -0.15) is 10.4 Å². The molecule has 0 saturated heterocycles. The molecule has 1 aromatic carbocycles. The van der Waals surface area contributed by atoms with Crippen LogP contribution in [0.5, 0.6) is 0 Å². The van der Waals surface area contributed by atoms with Gasteiger partial charge in [0.15, 0.2) is 11.6 Å². The Morgan fingerprint density at radius 2 is 2.28 bits per heavy atom. The first-order chi connectivity index (χ1) is 8.45. The molecule has 0 aromatic heterocycles. The number of amidine groups is 1. The van der Waals surface area contributed by atoms with Crippen molar-refractivity contribution in [2.24, 2.45) is 10.8 Å². The summed E-state index contributed by atoms with van der Waals surface area (Å²) in [5.41, 5.74) is 8.66. The molecule has 0 heterocycles. The number of benzene rings is 1. The predicted molar refractivity (Wildman–Crippen MR) is 72.7 cm³/mol. The molecule has 6 nitrogen and oxygen atoms in total. The Morgan fingerprint density at radius 3 is 2.72 bits per heavy atom. The van der Waals surface area contributed by atoms with Gasteiger partial charge < -0.3 is 5.73 Å². The first-order valence-corrected chi connectivity index (χ1v) is 5.63. The second-order valence-corrected chi connectivity index (χ2v) is 4.20. The van der Waals surface area contributed by atoms with Crippen molar-refractivity contribution in [3.63, 3.8) is 0 Å². The lowest BCUT2D eigenvalue weighted by molar-refractivity contribution is 0.101. The third-order valence-electron chi connectivity index (χ3n) is 2.02. The number of carbonyl (C=O) groups excluding carboxylic acids is 1. The van der Waals surface area contributed by atoms with Crippen molar-refractivity contribution in [3.05, 3.63) is 28.2 Å². The van der Waals surface area contributed by atoms with Gasteiger partial charge in [-0.3, -0.25) is 15.6 Å². The van der Waals surface area contributed by atoms with Crippen LogP contribution in [0.25, 0.3) is 0 Å². The third kappa shape index (κ3) is 3.40. The Balaban J connectivity index is 2.97. The number of rotatable bonds is 4. The lowest BCUT2D eigenvalue weighted by Gasteiger charge is -2.05. The minimum Gasteiger partial charge on any atom is -0.382 e. The van der Waals surface area contributed by atoms with E-state index in [4.69, 9.17) is 16.4 Å². The Hall–Kier alpha value is -2.20. The summed E-state index contributed by atoms with van der Waals surface area (Å²) in [5, 5.41) is 19.4. The molecule has 0 spiro atoms. The molecule has 18 heavy (non-hydrogen) atoms. The molecule has 0 fully saturated rings. The molecular formula is C11H10BrN5O. The van der Waals surface area contributed by atoms with Crippen LogP contribution in [0.3, 0.4) is 0 Å². The van der Waals surface area contributed by atoms with Crippen LogP contribution in [0.2, 0.25) is 0 Å². The Labute approximate surface area is 112 Å². The highest BCUT2D eigenvalue weighted by molar-refractivity contribution is 9.10. The highest BCUT2D eigenvalue weighted by atomic mass is 79.9. The number of nitrogens with zero attached hydrogens (tertiary/aromatic N) is 2. The average molecular weight is 308 g/mol. The molecule has 1 aromatic rings. The number of carbonyl (C=O) groups is 1. The summed E-state index contributed by atoms with van der Waals surface area (Å²) >= 11 is 3.27. The zero-order chi connectivity index (χ0) is 13.7. The van der Waals surface area contributed by atoms with E-state index in [9.17, 15) is 4.79 Å². The minimum atomic E-state index is -0.415. The van der Waals surface area contributed by atoms with Gasteiger partial charge in [0.05, 0.1) is 5.69 Å². The van der Waals surface area contributed by atoms with E-state index in [1.807, 2.05) is 0 Å².